The minimum atomic E-state index is -0.587. The molecular weight excluding hydrogens is 316 g/mol. The number of halogens is 1. The van der Waals surface area contributed by atoms with Gasteiger partial charge in [0, 0.05) is 11.6 Å². The topological polar surface area (TPSA) is 92.6 Å². The Kier molecular flexibility index (Phi) is 6.05. The first-order valence-corrected chi connectivity index (χ1v) is 7.62. The van der Waals surface area contributed by atoms with Crippen LogP contribution in [0, 0.1) is 0 Å². The van der Waals surface area contributed by atoms with E-state index in [9.17, 15) is 4.79 Å². The van der Waals surface area contributed by atoms with Gasteiger partial charge < -0.3 is 20.8 Å². The van der Waals surface area contributed by atoms with E-state index >= 15 is 0 Å². The van der Waals surface area contributed by atoms with Crippen molar-refractivity contribution < 1.29 is 9.21 Å². The summed E-state index contributed by atoms with van der Waals surface area (Å²) in [6, 6.07) is 10.8. The third-order valence-corrected chi connectivity index (χ3v) is 3.41. The molecule has 122 valence electrons. The van der Waals surface area contributed by atoms with E-state index < -0.39 is 5.91 Å². The number of nitrogens with one attached hydrogen (secondary N) is 2. The van der Waals surface area contributed by atoms with Gasteiger partial charge >= 0.3 is 0 Å². The molecule has 4 N–H and O–H groups in total. The summed E-state index contributed by atoms with van der Waals surface area (Å²) in [5.41, 5.74) is 6.10. The number of guanidine groups is 1. The second kappa shape index (κ2) is 8.24. The van der Waals surface area contributed by atoms with Gasteiger partial charge in [0.05, 0.1) is 13.1 Å². The second-order valence-electron chi connectivity index (χ2n) is 4.77. The van der Waals surface area contributed by atoms with Crippen molar-refractivity contribution in [3.05, 3.63) is 58.5 Å². The molecule has 1 amide bonds. The van der Waals surface area contributed by atoms with Crippen LogP contribution in [0.15, 0.2) is 45.8 Å². The van der Waals surface area contributed by atoms with E-state index in [-0.39, 0.29) is 5.76 Å². The number of rotatable bonds is 6. The fourth-order valence-electron chi connectivity index (χ4n) is 1.91. The average molecular weight is 335 g/mol. The number of nitrogens with zero attached hydrogens (tertiary/aromatic N) is 1. The summed E-state index contributed by atoms with van der Waals surface area (Å²) in [7, 11) is 0. The van der Waals surface area contributed by atoms with E-state index in [1.165, 1.54) is 0 Å². The Labute approximate surface area is 139 Å². The lowest BCUT2D eigenvalue weighted by molar-refractivity contribution is 0.0972. The van der Waals surface area contributed by atoms with Gasteiger partial charge in [-0.05, 0) is 30.7 Å². The zero-order valence-corrected chi connectivity index (χ0v) is 13.6. The molecular formula is C16H19ClN4O2. The number of hydrogen-bond acceptors (Lipinski definition) is 3. The number of carbonyl (C=O) groups is 1. The van der Waals surface area contributed by atoms with Crippen molar-refractivity contribution in [2.75, 3.05) is 6.54 Å². The molecule has 0 aliphatic rings. The molecule has 0 saturated carbocycles. The molecule has 0 unspecified atom stereocenters. The maximum Gasteiger partial charge on any atom is 0.284 e. The normalized spacial score (nSPS) is 11.3. The highest BCUT2D eigenvalue weighted by molar-refractivity contribution is 6.31. The van der Waals surface area contributed by atoms with E-state index in [1.54, 1.807) is 12.1 Å². The van der Waals surface area contributed by atoms with Gasteiger partial charge in [-0.3, -0.25) is 4.79 Å². The van der Waals surface area contributed by atoms with Gasteiger partial charge in [-0.15, -0.1) is 0 Å². The van der Waals surface area contributed by atoms with E-state index in [4.69, 9.17) is 21.8 Å². The SMILES string of the molecule is CCNC(=NCc1ccccc1Cl)NCc1ccc(C(N)=O)o1. The van der Waals surface area contributed by atoms with E-state index in [0.717, 1.165) is 12.1 Å². The van der Waals surface area contributed by atoms with Crippen LogP contribution < -0.4 is 16.4 Å². The third kappa shape index (κ3) is 5.03. The first-order valence-electron chi connectivity index (χ1n) is 7.24. The minimum absolute atomic E-state index is 0.139. The number of benzene rings is 1. The number of nitrogens with two attached hydrogens (primary N) is 1. The Morgan fingerprint density at radius 1 is 1.26 bits per heavy atom. The maximum absolute atomic E-state index is 11.0. The number of carbonyl (C=O) groups excluding carboxylic acids is 1. The highest BCUT2D eigenvalue weighted by Crippen LogP contribution is 2.15. The van der Waals surface area contributed by atoms with E-state index in [2.05, 4.69) is 15.6 Å². The minimum Gasteiger partial charge on any atom is -0.454 e. The molecule has 1 aromatic heterocycles. The summed E-state index contributed by atoms with van der Waals surface area (Å²) in [6.07, 6.45) is 0. The van der Waals surface area contributed by atoms with Crippen LogP contribution in [0.5, 0.6) is 0 Å². The molecule has 6 nitrogen and oxygen atoms in total. The van der Waals surface area contributed by atoms with Crippen molar-refractivity contribution in [1.82, 2.24) is 10.6 Å². The number of amides is 1. The molecule has 0 spiro atoms. The Morgan fingerprint density at radius 3 is 2.70 bits per heavy atom. The highest BCUT2D eigenvalue weighted by Gasteiger charge is 2.07. The van der Waals surface area contributed by atoms with Gasteiger partial charge in [-0.2, -0.15) is 0 Å². The van der Waals surface area contributed by atoms with Gasteiger partial charge in [0.15, 0.2) is 11.7 Å². The molecule has 0 saturated heterocycles. The molecule has 0 aliphatic carbocycles. The molecule has 0 fully saturated rings. The first kappa shape index (κ1) is 16.9. The third-order valence-electron chi connectivity index (χ3n) is 3.04. The smallest absolute Gasteiger partial charge is 0.284 e. The first-order chi connectivity index (χ1) is 11.1. The molecule has 0 aliphatic heterocycles. The predicted octanol–water partition coefficient (Wildman–Crippen LogP) is 2.29. The van der Waals surface area contributed by atoms with Gasteiger partial charge in [0.2, 0.25) is 0 Å². The molecule has 0 bridgehead atoms. The molecule has 7 heteroatoms. The fraction of sp³-hybridized carbons (Fsp3) is 0.250. The summed E-state index contributed by atoms with van der Waals surface area (Å²) in [5.74, 6) is 0.780. The lowest BCUT2D eigenvalue weighted by Crippen LogP contribution is -2.36. The summed E-state index contributed by atoms with van der Waals surface area (Å²) < 4.78 is 5.31. The molecule has 1 aromatic carbocycles. The second-order valence-corrected chi connectivity index (χ2v) is 5.18. The molecule has 1 heterocycles. The molecule has 2 rings (SSSR count). The van der Waals surface area contributed by atoms with Crippen molar-refractivity contribution >= 4 is 23.5 Å². The van der Waals surface area contributed by atoms with Crippen LogP contribution in [-0.2, 0) is 13.1 Å². The lowest BCUT2D eigenvalue weighted by atomic mass is 10.2. The summed E-state index contributed by atoms with van der Waals surface area (Å²) in [5, 5.41) is 6.95. The van der Waals surface area contributed by atoms with Gasteiger partial charge in [-0.25, -0.2) is 4.99 Å². The van der Waals surface area contributed by atoms with Gasteiger partial charge in [-0.1, -0.05) is 29.8 Å². The quantitative estimate of drug-likeness (QED) is 0.558. The van der Waals surface area contributed by atoms with Crippen LogP contribution in [0.4, 0.5) is 0 Å². The summed E-state index contributed by atoms with van der Waals surface area (Å²) >= 11 is 6.12. The molecule has 2 aromatic rings. The van der Waals surface area contributed by atoms with Crippen molar-refractivity contribution in [1.29, 1.82) is 0 Å². The monoisotopic (exact) mass is 334 g/mol. The largest absolute Gasteiger partial charge is 0.454 e. The van der Waals surface area contributed by atoms with Gasteiger partial charge in [0.1, 0.15) is 5.76 Å². The number of aliphatic imine (C=N–C) groups is 1. The van der Waals surface area contributed by atoms with Crippen LogP contribution in [0.3, 0.4) is 0 Å². The fourth-order valence-corrected chi connectivity index (χ4v) is 2.10. The Hall–Kier alpha value is -2.47. The average Bonchev–Trinajstić information content (AvgIpc) is 3.00. The Bertz CT molecular complexity index is 697. The van der Waals surface area contributed by atoms with Crippen molar-refractivity contribution in [2.45, 2.75) is 20.0 Å². The molecule has 0 radical (unpaired) electrons. The number of primary amides is 1. The van der Waals surface area contributed by atoms with Crippen molar-refractivity contribution in [2.24, 2.45) is 10.7 Å². The highest BCUT2D eigenvalue weighted by atomic mass is 35.5. The van der Waals surface area contributed by atoms with Gasteiger partial charge in [0.25, 0.3) is 5.91 Å². The summed E-state index contributed by atoms with van der Waals surface area (Å²) in [4.78, 5) is 15.5. The maximum atomic E-state index is 11.0. The standard InChI is InChI=1S/C16H19ClN4O2/c1-2-19-16(20-9-11-5-3-4-6-13(11)17)21-10-12-7-8-14(23-12)15(18)22/h3-8H,2,9-10H2,1H3,(H2,18,22)(H2,19,20,21). The zero-order chi connectivity index (χ0) is 16.7. The zero-order valence-electron chi connectivity index (χ0n) is 12.8. The van der Waals surface area contributed by atoms with E-state index in [0.29, 0.717) is 29.8 Å². The summed E-state index contributed by atoms with van der Waals surface area (Å²) in [6.45, 7) is 3.55. The number of furan rings is 1. The van der Waals surface area contributed by atoms with Crippen LogP contribution in [0.2, 0.25) is 5.02 Å². The van der Waals surface area contributed by atoms with Crippen molar-refractivity contribution in [3.63, 3.8) is 0 Å². The molecule has 0 atom stereocenters. The van der Waals surface area contributed by atoms with Crippen LogP contribution in [0.25, 0.3) is 0 Å². The van der Waals surface area contributed by atoms with Crippen LogP contribution in [0.1, 0.15) is 28.8 Å². The Balaban J connectivity index is 1.98. The lowest BCUT2D eigenvalue weighted by Gasteiger charge is -2.10. The molecule has 23 heavy (non-hydrogen) atoms. The van der Waals surface area contributed by atoms with Crippen LogP contribution >= 0.6 is 11.6 Å². The van der Waals surface area contributed by atoms with Crippen LogP contribution in [-0.4, -0.2) is 18.4 Å². The van der Waals surface area contributed by atoms with Crippen molar-refractivity contribution in [3.8, 4) is 0 Å². The predicted molar refractivity (Wildman–Crippen MR) is 90.3 cm³/mol. The van der Waals surface area contributed by atoms with E-state index in [1.807, 2.05) is 31.2 Å². The Morgan fingerprint density at radius 2 is 2.04 bits per heavy atom. The number of hydrogen-bond donors (Lipinski definition) is 3.